The Bertz CT molecular complexity index is 924. The second-order valence-electron chi connectivity index (χ2n) is 7.16. The fourth-order valence-electron chi connectivity index (χ4n) is 4.09. The molecule has 0 saturated carbocycles. The molecule has 0 bridgehead atoms. The van der Waals surface area contributed by atoms with Gasteiger partial charge in [-0.25, -0.2) is 5.06 Å². The maximum Gasteiger partial charge on any atom is 0.155 e. The number of anilines is 1. The molecule has 5 rings (SSSR count). The second kappa shape index (κ2) is 6.84. The number of hydrogen-bond acceptors (Lipinski definition) is 3. The lowest BCUT2D eigenvalue weighted by Crippen LogP contribution is -2.29. The molecule has 2 atom stereocenters. The first-order chi connectivity index (χ1) is 13.4. The van der Waals surface area contributed by atoms with E-state index in [0.717, 1.165) is 24.5 Å². The fourth-order valence-corrected chi connectivity index (χ4v) is 4.09. The van der Waals surface area contributed by atoms with E-state index in [1.165, 1.54) is 11.1 Å². The van der Waals surface area contributed by atoms with Gasteiger partial charge in [-0.1, -0.05) is 78.9 Å². The summed E-state index contributed by atoms with van der Waals surface area (Å²) in [7, 11) is 0. The van der Waals surface area contributed by atoms with Crippen LogP contribution >= 0.6 is 0 Å². The Morgan fingerprint density at radius 3 is 2.11 bits per heavy atom. The third kappa shape index (κ3) is 3.06. The summed E-state index contributed by atoms with van der Waals surface area (Å²) in [6.45, 7) is 1.88. The van der Waals surface area contributed by atoms with E-state index in [0.29, 0.717) is 5.92 Å². The maximum absolute atomic E-state index is 6.36. The normalized spacial score (nSPS) is 21.0. The third-order valence-electron chi connectivity index (χ3n) is 5.32. The molecule has 2 aliphatic rings. The van der Waals surface area contributed by atoms with Crippen molar-refractivity contribution in [1.82, 2.24) is 4.90 Å². The lowest BCUT2D eigenvalue weighted by atomic mass is 9.93. The average Bonchev–Trinajstić information content (AvgIpc) is 3.27. The van der Waals surface area contributed by atoms with Gasteiger partial charge in [0.05, 0.1) is 11.6 Å². The summed E-state index contributed by atoms with van der Waals surface area (Å²) in [5.74, 6) is 1.39. The Hall–Kier alpha value is -3.20. The van der Waals surface area contributed by atoms with Gasteiger partial charge in [0.1, 0.15) is 6.04 Å². The zero-order valence-corrected chi connectivity index (χ0v) is 15.1. The Morgan fingerprint density at radius 2 is 1.41 bits per heavy atom. The molecule has 3 aromatic rings. The highest BCUT2D eigenvalue weighted by molar-refractivity contribution is 5.49. The van der Waals surface area contributed by atoms with E-state index in [9.17, 15) is 0 Å². The van der Waals surface area contributed by atoms with Gasteiger partial charge in [-0.3, -0.25) is 0 Å². The summed E-state index contributed by atoms with van der Waals surface area (Å²) < 4.78 is 0. The van der Waals surface area contributed by atoms with Crippen molar-refractivity contribution in [1.29, 1.82) is 0 Å². The van der Waals surface area contributed by atoms with Crippen LogP contribution in [0.5, 0.6) is 0 Å². The SMILES string of the molecule is C1=C2ON(c3ccccc3)C(c3ccccc3)C2CN1Cc1ccccc1. The number of hydroxylamine groups is 1. The molecule has 0 spiro atoms. The van der Waals surface area contributed by atoms with Crippen LogP contribution in [0.2, 0.25) is 0 Å². The summed E-state index contributed by atoms with van der Waals surface area (Å²) in [6.07, 6.45) is 2.19. The standard InChI is InChI=1S/C24H22N2O/c1-4-10-19(11-5-1)16-25-17-22-23(18-25)27-26(21-14-8-3-9-15-21)24(22)20-12-6-2-7-13-20/h1-15,18,22,24H,16-17H2. The quantitative estimate of drug-likeness (QED) is 0.644. The monoisotopic (exact) mass is 354 g/mol. The molecule has 27 heavy (non-hydrogen) atoms. The van der Waals surface area contributed by atoms with E-state index in [1.54, 1.807) is 0 Å². The van der Waals surface area contributed by atoms with Crippen molar-refractivity contribution >= 4 is 5.69 Å². The Labute approximate surface area is 160 Å². The Kier molecular flexibility index (Phi) is 4.06. The van der Waals surface area contributed by atoms with Gasteiger partial charge in [0, 0.05) is 19.3 Å². The molecule has 0 amide bonds. The fraction of sp³-hybridized carbons (Fsp3) is 0.167. The van der Waals surface area contributed by atoms with Crippen molar-refractivity contribution < 1.29 is 4.84 Å². The number of nitrogens with zero attached hydrogens (tertiary/aromatic N) is 2. The van der Waals surface area contributed by atoms with Crippen LogP contribution in [0.15, 0.2) is 103 Å². The van der Waals surface area contributed by atoms with E-state index >= 15 is 0 Å². The molecule has 3 heteroatoms. The first-order valence-electron chi connectivity index (χ1n) is 9.45. The molecule has 0 aliphatic carbocycles. The minimum Gasteiger partial charge on any atom is -0.381 e. The van der Waals surface area contributed by atoms with E-state index in [4.69, 9.17) is 4.84 Å². The van der Waals surface area contributed by atoms with Gasteiger partial charge in [0.15, 0.2) is 5.76 Å². The van der Waals surface area contributed by atoms with E-state index < -0.39 is 0 Å². The van der Waals surface area contributed by atoms with Crippen LogP contribution in [0, 0.1) is 5.92 Å². The number of rotatable bonds is 4. The van der Waals surface area contributed by atoms with Crippen molar-refractivity contribution in [2.24, 2.45) is 5.92 Å². The van der Waals surface area contributed by atoms with E-state index in [1.807, 2.05) is 6.07 Å². The zero-order chi connectivity index (χ0) is 18.1. The summed E-state index contributed by atoms with van der Waals surface area (Å²) in [5.41, 5.74) is 3.71. The summed E-state index contributed by atoms with van der Waals surface area (Å²) >= 11 is 0. The van der Waals surface area contributed by atoms with Crippen molar-refractivity contribution in [3.8, 4) is 0 Å². The topological polar surface area (TPSA) is 15.7 Å². The van der Waals surface area contributed by atoms with E-state index in [-0.39, 0.29) is 6.04 Å². The Morgan fingerprint density at radius 1 is 0.778 bits per heavy atom. The number of hydrogen-bond donors (Lipinski definition) is 0. The van der Waals surface area contributed by atoms with Gasteiger partial charge in [-0.05, 0) is 23.3 Å². The summed E-state index contributed by atoms with van der Waals surface area (Å²) in [6, 6.07) is 31.9. The van der Waals surface area contributed by atoms with Crippen molar-refractivity contribution in [2.45, 2.75) is 12.6 Å². The molecule has 2 unspecified atom stereocenters. The highest BCUT2D eigenvalue weighted by atomic mass is 16.7. The minimum atomic E-state index is 0.181. The van der Waals surface area contributed by atoms with Gasteiger partial charge in [-0.15, -0.1) is 0 Å². The number of fused-ring (bicyclic) bond motifs is 1. The first-order valence-corrected chi connectivity index (χ1v) is 9.45. The van der Waals surface area contributed by atoms with Gasteiger partial charge >= 0.3 is 0 Å². The second-order valence-corrected chi connectivity index (χ2v) is 7.16. The predicted octanol–water partition coefficient (Wildman–Crippen LogP) is 5.15. The molecule has 3 nitrogen and oxygen atoms in total. The molecule has 3 aromatic carbocycles. The van der Waals surface area contributed by atoms with Crippen molar-refractivity contribution in [2.75, 3.05) is 11.6 Å². The summed E-state index contributed by atoms with van der Waals surface area (Å²) in [5, 5.41) is 2.08. The smallest absolute Gasteiger partial charge is 0.155 e. The maximum atomic E-state index is 6.36. The molecule has 1 saturated heterocycles. The van der Waals surface area contributed by atoms with Crippen LogP contribution in [0.25, 0.3) is 0 Å². The van der Waals surface area contributed by atoms with Gasteiger partial charge < -0.3 is 9.74 Å². The van der Waals surface area contributed by atoms with Crippen LogP contribution in [-0.4, -0.2) is 11.4 Å². The highest BCUT2D eigenvalue weighted by Gasteiger charge is 2.45. The first kappa shape index (κ1) is 16.0. The van der Waals surface area contributed by atoms with Gasteiger partial charge in [0.25, 0.3) is 0 Å². The summed E-state index contributed by atoms with van der Waals surface area (Å²) in [4.78, 5) is 8.73. The number of para-hydroxylation sites is 1. The lowest BCUT2D eigenvalue weighted by molar-refractivity contribution is 0.208. The molecule has 1 fully saturated rings. The average molecular weight is 354 g/mol. The van der Waals surface area contributed by atoms with Gasteiger partial charge in [-0.2, -0.15) is 0 Å². The van der Waals surface area contributed by atoms with Crippen LogP contribution in [0.4, 0.5) is 5.69 Å². The van der Waals surface area contributed by atoms with Crippen molar-refractivity contribution in [3.05, 3.63) is 114 Å². The largest absolute Gasteiger partial charge is 0.381 e. The van der Waals surface area contributed by atoms with Crippen LogP contribution in [0.3, 0.4) is 0 Å². The van der Waals surface area contributed by atoms with Crippen molar-refractivity contribution in [3.63, 3.8) is 0 Å². The van der Waals surface area contributed by atoms with Gasteiger partial charge in [0.2, 0.25) is 0 Å². The molecule has 134 valence electrons. The zero-order valence-electron chi connectivity index (χ0n) is 15.1. The third-order valence-corrected chi connectivity index (χ3v) is 5.32. The van der Waals surface area contributed by atoms with Crippen LogP contribution in [-0.2, 0) is 11.4 Å². The number of benzene rings is 3. The van der Waals surface area contributed by atoms with Crippen LogP contribution < -0.4 is 5.06 Å². The highest BCUT2D eigenvalue weighted by Crippen LogP contribution is 2.47. The van der Waals surface area contributed by atoms with E-state index in [2.05, 4.69) is 101 Å². The molecule has 0 radical (unpaired) electrons. The Balaban J connectivity index is 1.45. The molecule has 2 heterocycles. The lowest BCUT2D eigenvalue weighted by Gasteiger charge is -2.28. The molecular formula is C24H22N2O. The molecular weight excluding hydrogens is 332 g/mol. The molecule has 0 N–H and O–H groups in total. The minimum absolute atomic E-state index is 0.181. The van der Waals surface area contributed by atoms with Crippen LogP contribution in [0.1, 0.15) is 17.2 Å². The molecule has 2 aliphatic heterocycles. The molecule has 0 aromatic heterocycles. The predicted molar refractivity (Wildman–Crippen MR) is 108 cm³/mol.